The molecule has 0 bridgehead atoms. The number of H-pyrrole nitrogens is 1. The van der Waals surface area contributed by atoms with Gasteiger partial charge in [0.25, 0.3) is 5.56 Å². The first-order chi connectivity index (χ1) is 16.1. The molecule has 3 N–H and O–H groups in total. The fourth-order valence-corrected chi connectivity index (χ4v) is 4.59. The minimum absolute atomic E-state index is 0.101. The average Bonchev–Trinajstić information content (AvgIpc) is 3.13. The Hall–Kier alpha value is -2.97. The first-order valence-corrected chi connectivity index (χ1v) is 11.9. The van der Waals surface area contributed by atoms with Crippen molar-refractivity contribution in [3.05, 3.63) is 51.9 Å². The number of ether oxygens (including phenoxy) is 1. The molecule has 0 spiro atoms. The van der Waals surface area contributed by atoms with Gasteiger partial charge in [-0.05, 0) is 54.9 Å². The smallest absolute Gasteiger partial charge is 0.321 e. The second-order valence-corrected chi connectivity index (χ2v) is 10.3. The number of imidazole rings is 1. The number of carboxylic acid groups (broad SMARTS) is 1. The molecule has 1 atom stereocenters. The van der Waals surface area contributed by atoms with E-state index in [1.54, 1.807) is 13.1 Å². The fraction of sp³-hybridized carbons (Fsp3) is 0.500. The molecule has 0 saturated carbocycles. The van der Waals surface area contributed by atoms with E-state index in [0.29, 0.717) is 18.0 Å². The Labute approximate surface area is 199 Å². The Morgan fingerprint density at radius 1 is 1.29 bits per heavy atom. The minimum atomic E-state index is -0.856. The molecule has 1 fully saturated rings. The predicted molar refractivity (Wildman–Crippen MR) is 132 cm³/mol. The SMILES string of the molecule is Cc1cc(-c2nc3cc(CNC(C(=O)O)C(C)(C)C)ccc3n2CC2CCOCC2)c[nH]c1=O. The summed E-state index contributed by atoms with van der Waals surface area (Å²) < 4.78 is 7.78. The first-order valence-electron chi connectivity index (χ1n) is 11.9. The van der Waals surface area contributed by atoms with Gasteiger partial charge in [0, 0.05) is 43.6 Å². The number of aromatic amines is 1. The molecule has 1 aromatic carbocycles. The molecule has 0 amide bonds. The highest BCUT2D eigenvalue weighted by Crippen LogP contribution is 2.29. The summed E-state index contributed by atoms with van der Waals surface area (Å²) in [4.78, 5) is 31.4. The van der Waals surface area contributed by atoms with Gasteiger partial charge in [0.1, 0.15) is 11.9 Å². The van der Waals surface area contributed by atoms with E-state index in [2.05, 4.69) is 20.9 Å². The van der Waals surface area contributed by atoms with Gasteiger partial charge in [0.05, 0.1) is 11.0 Å². The van der Waals surface area contributed by atoms with Crippen LogP contribution in [-0.4, -0.2) is 44.9 Å². The van der Waals surface area contributed by atoms with Crippen molar-refractivity contribution in [1.82, 2.24) is 19.9 Å². The molecular weight excluding hydrogens is 432 g/mol. The van der Waals surface area contributed by atoms with Crippen LogP contribution >= 0.6 is 0 Å². The number of nitrogens with zero attached hydrogens (tertiary/aromatic N) is 2. The molecule has 1 unspecified atom stereocenters. The summed E-state index contributed by atoms with van der Waals surface area (Å²) in [6.45, 7) is 10.4. The molecule has 0 radical (unpaired) electrons. The molecule has 2 aromatic heterocycles. The van der Waals surface area contributed by atoms with E-state index >= 15 is 0 Å². The third-order valence-corrected chi connectivity index (χ3v) is 6.56. The molecule has 8 nitrogen and oxygen atoms in total. The van der Waals surface area contributed by atoms with Gasteiger partial charge in [-0.1, -0.05) is 26.8 Å². The molecule has 4 rings (SSSR count). The van der Waals surface area contributed by atoms with Crippen molar-refractivity contribution in [3.8, 4) is 11.4 Å². The lowest BCUT2D eigenvalue weighted by Crippen LogP contribution is -2.46. The zero-order chi connectivity index (χ0) is 24.5. The molecule has 182 valence electrons. The predicted octanol–water partition coefficient (Wildman–Crippen LogP) is 3.72. The highest BCUT2D eigenvalue weighted by Gasteiger charge is 2.30. The maximum absolute atomic E-state index is 11.9. The minimum Gasteiger partial charge on any atom is -0.480 e. The number of benzene rings is 1. The van der Waals surface area contributed by atoms with Gasteiger partial charge >= 0.3 is 5.97 Å². The van der Waals surface area contributed by atoms with Crippen LogP contribution in [0.1, 0.15) is 44.7 Å². The van der Waals surface area contributed by atoms with Crippen LogP contribution in [0.25, 0.3) is 22.4 Å². The average molecular weight is 467 g/mol. The summed E-state index contributed by atoms with van der Waals surface area (Å²) in [7, 11) is 0. The van der Waals surface area contributed by atoms with E-state index in [-0.39, 0.29) is 5.56 Å². The van der Waals surface area contributed by atoms with Crippen LogP contribution in [-0.2, 0) is 22.6 Å². The second-order valence-electron chi connectivity index (χ2n) is 10.3. The maximum atomic E-state index is 11.9. The fourth-order valence-electron chi connectivity index (χ4n) is 4.59. The summed E-state index contributed by atoms with van der Waals surface area (Å²) in [5.74, 6) is 0.465. The Morgan fingerprint density at radius 2 is 2.03 bits per heavy atom. The van der Waals surface area contributed by atoms with Crippen LogP contribution in [0.3, 0.4) is 0 Å². The van der Waals surface area contributed by atoms with Gasteiger partial charge in [-0.15, -0.1) is 0 Å². The summed E-state index contributed by atoms with van der Waals surface area (Å²) in [6, 6.07) is 7.33. The molecule has 3 heterocycles. The number of aryl methyl sites for hydroxylation is 1. The van der Waals surface area contributed by atoms with Crippen molar-refractivity contribution >= 4 is 17.0 Å². The van der Waals surface area contributed by atoms with Crippen LogP contribution in [0.15, 0.2) is 35.3 Å². The zero-order valence-corrected chi connectivity index (χ0v) is 20.4. The van der Waals surface area contributed by atoms with Gasteiger partial charge in [-0.3, -0.25) is 14.9 Å². The van der Waals surface area contributed by atoms with Gasteiger partial charge < -0.3 is 19.4 Å². The number of carboxylic acids is 1. The number of carbonyl (C=O) groups is 1. The van der Waals surface area contributed by atoms with Crippen molar-refractivity contribution in [2.75, 3.05) is 13.2 Å². The monoisotopic (exact) mass is 466 g/mol. The quantitative estimate of drug-likeness (QED) is 0.490. The number of nitrogens with one attached hydrogen (secondary N) is 2. The largest absolute Gasteiger partial charge is 0.480 e. The Morgan fingerprint density at radius 3 is 2.68 bits per heavy atom. The van der Waals surface area contributed by atoms with Crippen LogP contribution in [0.2, 0.25) is 0 Å². The van der Waals surface area contributed by atoms with E-state index in [1.807, 2.05) is 39.0 Å². The summed E-state index contributed by atoms with van der Waals surface area (Å²) in [5, 5.41) is 12.8. The second kappa shape index (κ2) is 9.72. The number of rotatable bonds is 7. The van der Waals surface area contributed by atoms with Crippen LogP contribution in [0.4, 0.5) is 0 Å². The van der Waals surface area contributed by atoms with E-state index < -0.39 is 17.4 Å². The first kappa shape index (κ1) is 24.2. The number of pyridine rings is 1. The summed E-state index contributed by atoms with van der Waals surface area (Å²) in [5.41, 5.74) is 3.87. The molecule has 1 aliphatic heterocycles. The third kappa shape index (κ3) is 5.23. The van der Waals surface area contributed by atoms with Crippen LogP contribution in [0.5, 0.6) is 0 Å². The van der Waals surface area contributed by atoms with Crippen LogP contribution in [0, 0.1) is 18.3 Å². The topological polar surface area (TPSA) is 109 Å². The van der Waals surface area contributed by atoms with Gasteiger partial charge in [0.2, 0.25) is 0 Å². The third-order valence-electron chi connectivity index (χ3n) is 6.56. The number of aliphatic carboxylic acids is 1. The normalized spacial score (nSPS) is 16.1. The van der Waals surface area contributed by atoms with E-state index in [1.165, 1.54) is 0 Å². The molecule has 34 heavy (non-hydrogen) atoms. The van der Waals surface area contributed by atoms with Gasteiger partial charge in [0.15, 0.2) is 0 Å². The maximum Gasteiger partial charge on any atom is 0.321 e. The van der Waals surface area contributed by atoms with Gasteiger partial charge in [-0.25, -0.2) is 4.98 Å². The molecular formula is C26H34N4O4. The number of aromatic nitrogens is 3. The molecule has 1 aliphatic rings. The number of fused-ring (bicyclic) bond motifs is 1. The van der Waals surface area contributed by atoms with Gasteiger partial charge in [-0.2, -0.15) is 0 Å². The summed E-state index contributed by atoms with van der Waals surface area (Å²) in [6.07, 6.45) is 3.74. The van der Waals surface area contributed by atoms with Crippen molar-refractivity contribution < 1.29 is 14.6 Å². The molecule has 0 aliphatic carbocycles. The lowest BCUT2D eigenvalue weighted by Gasteiger charge is -2.28. The number of hydrogen-bond acceptors (Lipinski definition) is 5. The lowest BCUT2D eigenvalue weighted by atomic mass is 9.86. The van der Waals surface area contributed by atoms with Crippen molar-refractivity contribution in [2.45, 2.75) is 59.7 Å². The lowest BCUT2D eigenvalue weighted by molar-refractivity contribution is -0.142. The molecule has 3 aromatic rings. The van der Waals surface area contributed by atoms with E-state index in [0.717, 1.165) is 60.6 Å². The Kier molecular flexibility index (Phi) is 6.91. The van der Waals surface area contributed by atoms with E-state index in [4.69, 9.17) is 9.72 Å². The number of hydrogen-bond donors (Lipinski definition) is 3. The van der Waals surface area contributed by atoms with E-state index in [9.17, 15) is 14.7 Å². The highest BCUT2D eigenvalue weighted by atomic mass is 16.5. The van der Waals surface area contributed by atoms with Crippen molar-refractivity contribution in [1.29, 1.82) is 0 Å². The van der Waals surface area contributed by atoms with Crippen molar-refractivity contribution in [3.63, 3.8) is 0 Å². The highest BCUT2D eigenvalue weighted by molar-refractivity contribution is 5.81. The Balaban J connectivity index is 1.69. The standard InChI is InChI=1S/C26H34N4O4/c1-16-11-19(14-28-24(16)31)23-29-20-12-18(13-27-22(25(32)33)26(2,3)4)5-6-21(20)30(23)15-17-7-9-34-10-8-17/h5-6,11-12,14,17,22,27H,7-10,13,15H2,1-4H3,(H,28,31)(H,32,33). The Bertz CT molecular complexity index is 1230. The molecule has 1 saturated heterocycles. The van der Waals surface area contributed by atoms with Crippen molar-refractivity contribution in [2.24, 2.45) is 11.3 Å². The zero-order valence-electron chi connectivity index (χ0n) is 20.4. The summed E-state index contributed by atoms with van der Waals surface area (Å²) >= 11 is 0. The molecule has 8 heteroatoms. The van der Waals surface area contributed by atoms with Crippen LogP contribution < -0.4 is 10.9 Å².